The molecule has 1 heteroatoms. The van der Waals surface area contributed by atoms with Gasteiger partial charge in [-0.3, -0.25) is 0 Å². The molecule has 0 N–H and O–H groups in total. The maximum absolute atomic E-state index is 4.22. The predicted octanol–water partition coefficient (Wildman–Crippen LogP) is 0.480. The Bertz CT molecular complexity index is 60.1. The molecule has 1 heterocycles. The molecule has 0 aliphatic carbocycles. The van der Waals surface area contributed by atoms with Crippen molar-refractivity contribution in [3.8, 4) is 0 Å². The Morgan fingerprint density at radius 3 is 1.80 bits per heavy atom. The average Bonchev–Trinajstić information content (AvgIpc) is 1.76. The summed E-state index contributed by atoms with van der Waals surface area (Å²) in [5.41, 5.74) is 0. The summed E-state index contributed by atoms with van der Waals surface area (Å²) in [6.07, 6.45) is 4.50. The van der Waals surface area contributed by atoms with Crippen LogP contribution < -0.4 is 0 Å². The zero-order valence-electron chi connectivity index (χ0n) is 2.41. The first-order valence-corrected chi connectivity index (χ1v) is 1.16. The molecule has 0 fully saturated rings. The van der Waals surface area contributed by atoms with E-state index in [1.165, 1.54) is 0 Å². The molecule has 0 aliphatic rings. The molecule has 0 spiro atoms. The summed E-state index contributed by atoms with van der Waals surface area (Å²) in [5.74, 6) is 0. The van der Waals surface area contributed by atoms with Gasteiger partial charge in [-0.05, 0) is 0 Å². The molecule has 0 amide bonds. The Balaban J connectivity index is 3.13. The van der Waals surface area contributed by atoms with Crippen molar-refractivity contribution in [2.75, 3.05) is 0 Å². The molecule has 0 aromatic carbocycles. The highest BCUT2D eigenvalue weighted by atomic mass is 16.3. The largest absolute Gasteiger partial charge is 0.355 e. The highest BCUT2D eigenvalue weighted by molar-refractivity contribution is 4.46. The molecule has 1 rings (SSSR count). The van der Waals surface area contributed by atoms with Crippen LogP contribution in [0, 0.1) is 24.7 Å². The summed E-state index contributed by atoms with van der Waals surface area (Å²) in [6.45, 7) is 0. The van der Waals surface area contributed by atoms with Gasteiger partial charge in [0.25, 0.3) is 0 Å². The van der Waals surface area contributed by atoms with Crippen molar-refractivity contribution in [3.05, 3.63) is 24.7 Å². The Morgan fingerprint density at radius 2 is 1.60 bits per heavy atom. The van der Waals surface area contributed by atoms with Crippen LogP contribution >= 0.6 is 0 Å². The Hall–Kier alpha value is -1.08. The van der Waals surface area contributed by atoms with Crippen molar-refractivity contribution in [2.24, 2.45) is 0 Å². The Morgan fingerprint density at radius 1 is 1.00 bits per heavy atom. The summed E-state index contributed by atoms with van der Waals surface area (Å²) in [5, 5.41) is 0. The highest BCUT2D eigenvalue weighted by Crippen LogP contribution is 1.55. The summed E-state index contributed by atoms with van der Waals surface area (Å²) in [6, 6.07) is 4.78. The third kappa shape index (κ3) is 0.161. The van der Waals surface area contributed by atoms with Gasteiger partial charge in [-0.2, -0.15) is 0 Å². The minimum absolute atomic E-state index is 2.25. The molecule has 22 valence electrons. The maximum atomic E-state index is 4.22. The lowest BCUT2D eigenvalue weighted by molar-refractivity contribution is 0.564. The van der Waals surface area contributed by atoms with Crippen molar-refractivity contribution in [1.82, 2.24) is 0 Å². The summed E-state index contributed by atoms with van der Waals surface area (Å²) >= 11 is 0. The fourth-order valence-electron chi connectivity index (χ4n) is 0.128. The predicted molar refractivity (Wildman–Crippen MR) is 14.1 cm³/mol. The van der Waals surface area contributed by atoms with Crippen LogP contribution in [0.3, 0.4) is 0 Å². The molecule has 1 nitrogen and oxygen atoms in total. The van der Waals surface area contributed by atoms with Crippen molar-refractivity contribution in [3.63, 3.8) is 0 Å². The Kier molecular flexibility index (Phi) is 0.305. The average molecular weight is 64.0 g/mol. The molecule has 0 radical (unpaired) electrons. The van der Waals surface area contributed by atoms with Crippen LogP contribution in [0.4, 0.5) is 0 Å². The molecule has 1 aromatic rings. The number of hydrogen-bond acceptors (Lipinski definition) is 1. The Labute approximate surface area is 30.2 Å². The normalized spacial score (nSPS) is 4.80. The van der Waals surface area contributed by atoms with E-state index in [0.29, 0.717) is 0 Å². The van der Waals surface area contributed by atoms with Gasteiger partial charge in [0, 0.05) is 12.1 Å². The maximum Gasteiger partial charge on any atom is 0.144 e. The SMILES string of the molecule is c1c#coc#1. The van der Waals surface area contributed by atoms with Gasteiger partial charge >= 0.3 is 0 Å². The third-order valence-electron chi connectivity index (χ3n) is 0.267. The fraction of sp³-hybridized carbons (Fsp3) is 0. The topological polar surface area (TPSA) is 13.1 Å². The van der Waals surface area contributed by atoms with E-state index in [1.54, 1.807) is 0 Å². The lowest BCUT2D eigenvalue weighted by atomic mass is 10.9. The molecule has 0 aliphatic heterocycles. The molecule has 5 heavy (non-hydrogen) atoms. The second-order valence-corrected chi connectivity index (χ2v) is 0.556. The molecule has 0 bridgehead atoms. The second kappa shape index (κ2) is 0.701. The van der Waals surface area contributed by atoms with Crippen LogP contribution in [-0.4, -0.2) is 0 Å². The van der Waals surface area contributed by atoms with Gasteiger partial charge in [-0.15, -0.1) is 0 Å². The summed E-state index contributed by atoms with van der Waals surface area (Å²) in [7, 11) is 0. The monoisotopic (exact) mass is 64.0 g/mol. The van der Waals surface area contributed by atoms with Crippen molar-refractivity contribution in [1.29, 1.82) is 0 Å². The fourth-order valence-corrected chi connectivity index (χ4v) is 0.128. The van der Waals surface area contributed by atoms with Crippen LogP contribution in [-0.2, 0) is 0 Å². The molecule has 1 aromatic heterocycles. The lowest BCUT2D eigenvalue weighted by Crippen LogP contribution is -1.12. The van der Waals surface area contributed by atoms with Gasteiger partial charge in [0.2, 0.25) is 0 Å². The highest BCUT2D eigenvalue weighted by Gasteiger charge is 1.45. The van der Waals surface area contributed by atoms with Gasteiger partial charge in [-0.25, -0.2) is 0 Å². The lowest BCUT2D eigenvalue weighted by Gasteiger charge is -1.35. The molecule has 0 saturated heterocycles. The van der Waals surface area contributed by atoms with E-state index in [4.69, 9.17) is 0 Å². The van der Waals surface area contributed by atoms with Crippen LogP contribution in [0.25, 0.3) is 0 Å². The van der Waals surface area contributed by atoms with E-state index in [9.17, 15) is 0 Å². The first kappa shape index (κ1) is 2.18. The molecule has 0 atom stereocenters. The van der Waals surface area contributed by atoms with Gasteiger partial charge in [0.1, 0.15) is 12.5 Å². The van der Waals surface area contributed by atoms with Crippen molar-refractivity contribution < 1.29 is 4.42 Å². The molecule has 0 saturated carbocycles. The van der Waals surface area contributed by atoms with Gasteiger partial charge in [0.15, 0.2) is 0 Å². The van der Waals surface area contributed by atoms with E-state index in [2.05, 4.69) is 29.1 Å². The standard InChI is InChI=1S/C4O/c1-2-4-5-3-1. The number of hydrogen-bond donors (Lipinski definition) is 0. The molecular formula is C4O. The van der Waals surface area contributed by atoms with Crippen molar-refractivity contribution in [2.45, 2.75) is 0 Å². The zero-order valence-corrected chi connectivity index (χ0v) is 2.41. The van der Waals surface area contributed by atoms with Crippen molar-refractivity contribution >= 4 is 0 Å². The van der Waals surface area contributed by atoms with Crippen LogP contribution in [0.15, 0.2) is 4.42 Å². The van der Waals surface area contributed by atoms with Gasteiger partial charge in [-0.1, -0.05) is 0 Å². The second-order valence-electron chi connectivity index (χ2n) is 0.556. The van der Waals surface area contributed by atoms with Crippen LogP contribution in [0.5, 0.6) is 0 Å². The summed E-state index contributed by atoms with van der Waals surface area (Å²) in [4.78, 5) is 0. The van der Waals surface area contributed by atoms with E-state index in [0.717, 1.165) is 0 Å². The van der Waals surface area contributed by atoms with Crippen LogP contribution in [0.1, 0.15) is 0 Å². The number of rotatable bonds is 0. The van der Waals surface area contributed by atoms with Crippen LogP contribution in [0.2, 0.25) is 0 Å². The first-order chi connectivity index (χ1) is 2.50. The van der Waals surface area contributed by atoms with Gasteiger partial charge in [0.05, 0.1) is 0 Å². The minimum atomic E-state index is 2.25. The first-order valence-electron chi connectivity index (χ1n) is 1.16. The van der Waals surface area contributed by atoms with Gasteiger partial charge < -0.3 is 4.42 Å². The van der Waals surface area contributed by atoms with E-state index < -0.39 is 0 Å². The molecule has 0 unspecified atom stereocenters. The van der Waals surface area contributed by atoms with E-state index >= 15 is 0 Å². The zero-order chi connectivity index (χ0) is 3.54. The third-order valence-corrected chi connectivity index (χ3v) is 0.267. The molecular weight excluding hydrogens is 64.0 g/mol. The summed E-state index contributed by atoms with van der Waals surface area (Å²) < 4.78 is 4.22. The van der Waals surface area contributed by atoms with E-state index in [-0.39, 0.29) is 0 Å². The van der Waals surface area contributed by atoms with E-state index in [1.807, 2.05) is 0 Å². The quantitative estimate of drug-likeness (QED) is 0.427. The smallest absolute Gasteiger partial charge is 0.144 e. The minimum Gasteiger partial charge on any atom is -0.355 e.